The number of thioether (sulfide) groups is 1. The average molecular weight is 325 g/mol. The predicted molar refractivity (Wildman–Crippen MR) is 97.0 cm³/mol. The molecule has 0 aromatic heterocycles. The lowest BCUT2D eigenvalue weighted by molar-refractivity contribution is 0.467. The third-order valence-corrected chi connectivity index (χ3v) is 4.55. The van der Waals surface area contributed by atoms with E-state index in [1.165, 1.54) is 17.3 Å². The largest absolute Gasteiger partial charge is 0.507 e. The number of para-hydroxylation sites is 1. The van der Waals surface area contributed by atoms with Gasteiger partial charge in [-0.25, -0.2) is 0 Å². The highest BCUT2D eigenvalue weighted by atomic mass is 32.2. The van der Waals surface area contributed by atoms with Crippen molar-refractivity contribution in [3.8, 4) is 5.75 Å². The Labute approximate surface area is 140 Å². The van der Waals surface area contributed by atoms with E-state index in [0.29, 0.717) is 22.4 Å². The molecule has 1 aliphatic carbocycles. The topological polar surface area (TPSA) is 71.0 Å². The van der Waals surface area contributed by atoms with Crippen molar-refractivity contribution >= 4 is 23.1 Å². The summed E-state index contributed by atoms with van der Waals surface area (Å²) in [4.78, 5) is 0. The summed E-state index contributed by atoms with van der Waals surface area (Å²) in [6.45, 7) is 0. The first-order chi connectivity index (χ1) is 11.2. The van der Waals surface area contributed by atoms with Gasteiger partial charge < -0.3 is 10.8 Å². The number of amidine groups is 1. The molecule has 1 aliphatic rings. The molecule has 3 rings (SSSR count). The van der Waals surface area contributed by atoms with Gasteiger partial charge in [0, 0.05) is 11.3 Å². The first-order valence-corrected chi connectivity index (χ1v) is 8.57. The van der Waals surface area contributed by atoms with Crippen molar-refractivity contribution in [2.45, 2.75) is 24.5 Å². The Hall–Kier alpha value is -2.27. The van der Waals surface area contributed by atoms with E-state index < -0.39 is 0 Å². The second-order valence-corrected chi connectivity index (χ2v) is 6.51. The molecule has 1 fully saturated rings. The zero-order chi connectivity index (χ0) is 16.1. The minimum atomic E-state index is 0.310. The number of rotatable bonds is 5. The molecule has 0 radical (unpaired) electrons. The third-order valence-electron chi connectivity index (χ3n) is 3.70. The van der Waals surface area contributed by atoms with Gasteiger partial charge in [-0.2, -0.15) is 5.10 Å². The molecule has 0 unspecified atom stereocenters. The fraction of sp³-hybridized carbons (Fsp3) is 0.222. The van der Waals surface area contributed by atoms with E-state index in [4.69, 9.17) is 5.73 Å². The molecule has 2 aromatic rings. The van der Waals surface area contributed by atoms with Crippen molar-refractivity contribution in [2.24, 2.45) is 15.9 Å². The normalized spacial score (nSPS) is 15.2. The maximum atomic E-state index is 10.2. The zero-order valence-corrected chi connectivity index (χ0v) is 13.5. The molecule has 2 aromatic carbocycles. The summed E-state index contributed by atoms with van der Waals surface area (Å²) in [6.07, 6.45) is 3.85. The van der Waals surface area contributed by atoms with Crippen molar-refractivity contribution < 1.29 is 5.11 Å². The van der Waals surface area contributed by atoms with Gasteiger partial charge >= 0.3 is 0 Å². The summed E-state index contributed by atoms with van der Waals surface area (Å²) < 4.78 is 0. The van der Waals surface area contributed by atoms with Gasteiger partial charge in [-0.1, -0.05) is 54.2 Å². The minimum Gasteiger partial charge on any atom is -0.507 e. The predicted octanol–water partition coefficient (Wildman–Crippen LogP) is 3.85. The highest BCUT2D eigenvalue weighted by Gasteiger charge is 2.26. The number of phenols is 1. The van der Waals surface area contributed by atoms with Gasteiger partial charge in [0.25, 0.3) is 0 Å². The summed E-state index contributed by atoms with van der Waals surface area (Å²) in [7, 11) is 0. The van der Waals surface area contributed by atoms with E-state index >= 15 is 0 Å². The molecular formula is C18H19N3OS. The molecule has 0 amide bonds. The smallest absolute Gasteiger partial charge is 0.180 e. The van der Waals surface area contributed by atoms with E-state index in [0.717, 1.165) is 24.2 Å². The van der Waals surface area contributed by atoms with Gasteiger partial charge in [-0.05, 0) is 36.0 Å². The number of hydrogen-bond acceptors (Lipinski definition) is 4. The molecular weight excluding hydrogens is 306 g/mol. The van der Waals surface area contributed by atoms with Crippen LogP contribution in [0.1, 0.15) is 35.4 Å². The molecule has 0 saturated heterocycles. The van der Waals surface area contributed by atoms with E-state index in [1.807, 2.05) is 48.5 Å². The summed E-state index contributed by atoms with van der Waals surface area (Å²) in [5.74, 6) is 1.57. The lowest BCUT2D eigenvalue weighted by atomic mass is 10.1. The number of nitrogens with two attached hydrogens (primary N) is 1. The third kappa shape index (κ3) is 4.36. The molecule has 0 aliphatic heterocycles. The highest BCUT2D eigenvalue weighted by molar-refractivity contribution is 8.13. The number of nitrogens with zero attached hydrogens (tertiary/aromatic N) is 2. The quantitative estimate of drug-likeness (QED) is 0.498. The molecule has 5 heteroatoms. The van der Waals surface area contributed by atoms with Crippen LogP contribution >= 0.6 is 11.8 Å². The van der Waals surface area contributed by atoms with Gasteiger partial charge in [-0.3, -0.25) is 0 Å². The van der Waals surface area contributed by atoms with Crippen molar-refractivity contribution in [2.75, 3.05) is 0 Å². The van der Waals surface area contributed by atoms with E-state index in [2.05, 4.69) is 10.2 Å². The molecule has 0 atom stereocenters. The van der Waals surface area contributed by atoms with Crippen molar-refractivity contribution in [3.05, 3.63) is 65.2 Å². The Balaban J connectivity index is 1.60. The first kappa shape index (κ1) is 15.6. The standard InChI is InChI=1S/C18H19N3OS/c19-18(23-12-13-5-2-1-3-6-13)21-20-11-15-7-4-8-16(17(15)22)14-9-10-14/h1-8,11,14,22H,9-10,12H2,(H2,19,21). The SMILES string of the molecule is NC(=NN=Cc1cccc(C2CC2)c1O)SCc1ccccc1. The van der Waals surface area contributed by atoms with Gasteiger partial charge in [0.1, 0.15) is 5.75 Å². The van der Waals surface area contributed by atoms with Crippen LogP contribution in [-0.2, 0) is 5.75 Å². The van der Waals surface area contributed by atoms with E-state index in [9.17, 15) is 5.11 Å². The molecule has 118 valence electrons. The Kier molecular flexibility index (Phi) is 4.98. The Bertz CT molecular complexity index is 724. The Morgan fingerprint density at radius 1 is 1.17 bits per heavy atom. The monoisotopic (exact) mass is 325 g/mol. The van der Waals surface area contributed by atoms with Crippen LogP contribution in [-0.4, -0.2) is 16.5 Å². The molecule has 0 spiro atoms. The second-order valence-electron chi connectivity index (χ2n) is 5.52. The van der Waals surface area contributed by atoms with Crippen LogP contribution in [0.4, 0.5) is 0 Å². The number of phenolic OH excluding ortho intramolecular Hbond substituents is 1. The maximum Gasteiger partial charge on any atom is 0.180 e. The lowest BCUT2D eigenvalue weighted by Crippen LogP contribution is -2.06. The Morgan fingerprint density at radius 3 is 2.70 bits per heavy atom. The van der Waals surface area contributed by atoms with Gasteiger partial charge in [-0.15, -0.1) is 5.10 Å². The lowest BCUT2D eigenvalue weighted by Gasteiger charge is -2.04. The van der Waals surface area contributed by atoms with E-state index in [1.54, 1.807) is 6.21 Å². The van der Waals surface area contributed by atoms with Crippen LogP contribution < -0.4 is 5.73 Å². The fourth-order valence-electron chi connectivity index (χ4n) is 2.32. The van der Waals surface area contributed by atoms with Crippen LogP contribution in [0.25, 0.3) is 0 Å². The zero-order valence-electron chi connectivity index (χ0n) is 12.7. The van der Waals surface area contributed by atoms with Gasteiger partial charge in [0.05, 0.1) is 6.21 Å². The number of hydrogen-bond donors (Lipinski definition) is 2. The summed E-state index contributed by atoms with van der Waals surface area (Å²) in [5, 5.41) is 18.6. The summed E-state index contributed by atoms with van der Waals surface area (Å²) >= 11 is 1.44. The van der Waals surface area contributed by atoms with Crippen LogP contribution in [0.5, 0.6) is 5.75 Å². The van der Waals surface area contributed by atoms with Gasteiger partial charge in [0.2, 0.25) is 0 Å². The second kappa shape index (κ2) is 7.33. The number of benzene rings is 2. The van der Waals surface area contributed by atoms with Crippen LogP contribution in [0.3, 0.4) is 0 Å². The van der Waals surface area contributed by atoms with Crippen LogP contribution in [0.2, 0.25) is 0 Å². The molecule has 3 N–H and O–H groups in total. The molecule has 0 heterocycles. The van der Waals surface area contributed by atoms with Gasteiger partial charge in [0.15, 0.2) is 5.17 Å². The Morgan fingerprint density at radius 2 is 1.96 bits per heavy atom. The van der Waals surface area contributed by atoms with E-state index in [-0.39, 0.29) is 0 Å². The molecule has 4 nitrogen and oxygen atoms in total. The summed E-state index contributed by atoms with van der Waals surface area (Å²) in [6, 6.07) is 15.8. The van der Waals surface area contributed by atoms with Crippen molar-refractivity contribution in [1.82, 2.24) is 0 Å². The minimum absolute atomic E-state index is 0.310. The summed E-state index contributed by atoms with van der Waals surface area (Å²) in [5.41, 5.74) is 8.72. The van der Waals surface area contributed by atoms with Crippen LogP contribution in [0.15, 0.2) is 58.7 Å². The average Bonchev–Trinajstić information content (AvgIpc) is 3.40. The maximum absolute atomic E-state index is 10.2. The molecule has 23 heavy (non-hydrogen) atoms. The highest BCUT2D eigenvalue weighted by Crippen LogP contribution is 2.44. The van der Waals surface area contributed by atoms with Crippen LogP contribution in [0, 0.1) is 0 Å². The van der Waals surface area contributed by atoms with Crippen molar-refractivity contribution in [3.63, 3.8) is 0 Å². The molecule has 0 bridgehead atoms. The van der Waals surface area contributed by atoms with Crippen molar-refractivity contribution in [1.29, 1.82) is 0 Å². The number of aromatic hydroxyl groups is 1. The fourth-order valence-corrected chi connectivity index (χ4v) is 2.93. The molecule has 1 saturated carbocycles. The first-order valence-electron chi connectivity index (χ1n) is 7.59.